The number of rotatable bonds is 7. The molecule has 3 rings (SSSR count). The zero-order valence-electron chi connectivity index (χ0n) is 13.4. The fraction of sp³-hybridized carbons (Fsp3) is 0.211. The van der Waals surface area contributed by atoms with Crippen LogP contribution in [0.2, 0.25) is 10.0 Å². The molecular formula is C19H17Cl2FN2S. The number of benzene rings is 2. The number of imidazole rings is 1. The minimum absolute atomic E-state index is 0.166. The van der Waals surface area contributed by atoms with Crippen molar-refractivity contribution >= 4 is 35.0 Å². The van der Waals surface area contributed by atoms with Gasteiger partial charge in [0.2, 0.25) is 0 Å². The molecule has 0 saturated carbocycles. The van der Waals surface area contributed by atoms with Gasteiger partial charge in [-0.05, 0) is 54.8 Å². The molecule has 0 aliphatic heterocycles. The van der Waals surface area contributed by atoms with Crippen molar-refractivity contribution in [1.29, 1.82) is 0 Å². The summed E-state index contributed by atoms with van der Waals surface area (Å²) in [6, 6.07) is 12.2. The third-order valence-electron chi connectivity index (χ3n) is 3.84. The van der Waals surface area contributed by atoms with Gasteiger partial charge < -0.3 is 4.57 Å². The molecule has 0 saturated heterocycles. The molecule has 1 aromatic heterocycles. The van der Waals surface area contributed by atoms with Crippen molar-refractivity contribution in [3.05, 3.63) is 82.6 Å². The van der Waals surface area contributed by atoms with Crippen molar-refractivity contribution in [2.24, 2.45) is 0 Å². The fourth-order valence-electron chi connectivity index (χ4n) is 2.60. The van der Waals surface area contributed by atoms with Crippen molar-refractivity contribution in [3.8, 4) is 0 Å². The summed E-state index contributed by atoms with van der Waals surface area (Å²) in [6.45, 7) is 0.895. The van der Waals surface area contributed by atoms with E-state index in [0.717, 1.165) is 29.8 Å². The summed E-state index contributed by atoms with van der Waals surface area (Å²) in [5.41, 5.74) is 1.05. The molecule has 3 aromatic rings. The second-order valence-electron chi connectivity index (χ2n) is 5.67. The fourth-order valence-corrected chi connectivity index (χ4v) is 4.44. The highest BCUT2D eigenvalue weighted by atomic mass is 35.5. The van der Waals surface area contributed by atoms with E-state index in [1.54, 1.807) is 36.2 Å². The van der Waals surface area contributed by atoms with Gasteiger partial charge in [0.25, 0.3) is 0 Å². The van der Waals surface area contributed by atoms with E-state index >= 15 is 0 Å². The minimum atomic E-state index is -0.231. The van der Waals surface area contributed by atoms with Crippen LogP contribution in [0.4, 0.5) is 4.39 Å². The molecule has 0 radical (unpaired) electrons. The third kappa shape index (κ3) is 5.24. The van der Waals surface area contributed by atoms with E-state index in [-0.39, 0.29) is 11.1 Å². The Kier molecular flexibility index (Phi) is 6.40. The van der Waals surface area contributed by atoms with Gasteiger partial charge in [-0.3, -0.25) is 0 Å². The topological polar surface area (TPSA) is 17.8 Å². The molecule has 6 heteroatoms. The number of halogens is 3. The molecule has 1 unspecified atom stereocenters. The highest BCUT2D eigenvalue weighted by Gasteiger charge is 2.17. The molecule has 0 amide bonds. The lowest BCUT2D eigenvalue weighted by Crippen LogP contribution is -2.00. The minimum Gasteiger partial charge on any atom is -0.337 e. The third-order valence-corrected chi connectivity index (χ3v) is 5.72. The van der Waals surface area contributed by atoms with E-state index in [1.165, 1.54) is 12.1 Å². The Bertz CT molecular complexity index is 807. The number of nitrogens with zero attached hydrogens (tertiary/aromatic N) is 2. The maximum absolute atomic E-state index is 13.2. The molecule has 130 valence electrons. The van der Waals surface area contributed by atoms with Crippen LogP contribution in [-0.4, -0.2) is 9.55 Å². The maximum Gasteiger partial charge on any atom is 0.123 e. The van der Waals surface area contributed by atoms with Crippen molar-refractivity contribution in [2.75, 3.05) is 0 Å². The molecule has 0 fully saturated rings. The summed E-state index contributed by atoms with van der Waals surface area (Å²) < 4.78 is 15.2. The van der Waals surface area contributed by atoms with Crippen LogP contribution in [0, 0.1) is 5.82 Å². The van der Waals surface area contributed by atoms with Gasteiger partial charge >= 0.3 is 0 Å². The lowest BCUT2D eigenvalue weighted by atomic mass is 10.1. The molecule has 0 bridgehead atoms. The predicted octanol–water partition coefficient (Wildman–Crippen LogP) is 6.64. The van der Waals surface area contributed by atoms with Crippen molar-refractivity contribution in [1.82, 2.24) is 9.55 Å². The van der Waals surface area contributed by atoms with Gasteiger partial charge in [-0.25, -0.2) is 9.37 Å². The van der Waals surface area contributed by atoms with Crippen molar-refractivity contribution in [3.63, 3.8) is 0 Å². The first kappa shape index (κ1) is 18.3. The quantitative estimate of drug-likeness (QED) is 0.417. The van der Waals surface area contributed by atoms with Crippen LogP contribution in [0.15, 0.2) is 66.1 Å². The normalized spacial score (nSPS) is 12.3. The molecule has 1 atom stereocenters. The standard InChI is InChI=1S/C19H17Cl2FN2S/c20-14-3-8-17(18(21)12-14)19(2-1-10-24-11-9-23-13-24)25-16-6-4-15(22)5-7-16/h3-9,11-13,19H,1-2,10H2. The van der Waals surface area contributed by atoms with Crippen molar-refractivity contribution in [2.45, 2.75) is 29.5 Å². The zero-order chi connectivity index (χ0) is 17.6. The Hall–Kier alpha value is -1.49. The van der Waals surface area contributed by atoms with Gasteiger partial charge in [-0.2, -0.15) is 0 Å². The zero-order valence-corrected chi connectivity index (χ0v) is 15.7. The number of aromatic nitrogens is 2. The Labute approximate surface area is 161 Å². The number of thioether (sulfide) groups is 1. The molecule has 0 aliphatic rings. The lowest BCUT2D eigenvalue weighted by molar-refractivity contribution is 0.604. The van der Waals surface area contributed by atoms with Gasteiger partial charge in [-0.15, -0.1) is 11.8 Å². The Morgan fingerprint density at radius 1 is 1.12 bits per heavy atom. The average Bonchev–Trinajstić information content (AvgIpc) is 3.09. The van der Waals surface area contributed by atoms with Gasteiger partial charge in [0, 0.05) is 39.1 Å². The van der Waals surface area contributed by atoms with Gasteiger partial charge in [0.15, 0.2) is 0 Å². The van der Waals surface area contributed by atoms with Crippen LogP contribution in [0.25, 0.3) is 0 Å². The van der Waals surface area contributed by atoms with E-state index in [4.69, 9.17) is 23.2 Å². The summed E-state index contributed by atoms with van der Waals surface area (Å²) in [4.78, 5) is 5.08. The summed E-state index contributed by atoms with van der Waals surface area (Å²) in [7, 11) is 0. The second kappa shape index (κ2) is 8.75. The van der Waals surface area contributed by atoms with E-state index in [2.05, 4.69) is 9.55 Å². The molecule has 1 heterocycles. The van der Waals surface area contributed by atoms with E-state index in [9.17, 15) is 4.39 Å². The van der Waals surface area contributed by atoms with Crippen LogP contribution < -0.4 is 0 Å². The van der Waals surface area contributed by atoms with Crippen molar-refractivity contribution < 1.29 is 4.39 Å². The molecule has 2 nitrogen and oxygen atoms in total. The van der Waals surface area contributed by atoms with Gasteiger partial charge in [0.1, 0.15) is 5.82 Å². The van der Waals surface area contributed by atoms with Crippen LogP contribution in [0.5, 0.6) is 0 Å². The maximum atomic E-state index is 13.2. The summed E-state index contributed by atoms with van der Waals surface area (Å²) in [5.74, 6) is -0.231. The summed E-state index contributed by atoms with van der Waals surface area (Å²) in [6.07, 6.45) is 7.46. The molecular weight excluding hydrogens is 378 g/mol. The van der Waals surface area contributed by atoms with Crippen LogP contribution >= 0.6 is 35.0 Å². The van der Waals surface area contributed by atoms with Gasteiger partial charge in [0.05, 0.1) is 6.33 Å². The first-order chi connectivity index (χ1) is 12.1. The SMILES string of the molecule is Fc1ccc(SC(CCCn2ccnc2)c2ccc(Cl)cc2Cl)cc1. The molecule has 2 aromatic carbocycles. The Morgan fingerprint density at radius 3 is 2.60 bits per heavy atom. The van der Waals surface area contributed by atoms with E-state index < -0.39 is 0 Å². The summed E-state index contributed by atoms with van der Waals surface area (Å²) in [5, 5.41) is 1.45. The molecule has 0 aliphatic carbocycles. The van der Waals surface area contributed by atoms with E-state index in [1.807, 2.05) is 24.7 Å². The van der Waals surface area contributed by atoms with Crippen LogP contribution in [0.3, 0.4) is 0 Å². The highest BCUT2D eigenvalue weighted by Crippen LogP contribution is 2.42. The van der Waals surface area contributed by atoms with Crippen LogP contribution in [-0.2, 0) is 6.54 Å². The average molecular weight is 395 g/mol. The van der Waals surface area contributed by atoms with Crippen LogP contribution in [0.1, 0.15) is 23.7 Å². The molecule has 0 spiro atoms. The van der Waals surface area contributed by atoms with Gasteiger partial charge in [-0.1, -0.05) is 29.3 Å². The molecule has 25 heavy (non-hydrogen) atoms. The first-order valence-electron chi connectivity index (χ1n) is 7.95. The molecule has 0 N–H and O–H groups in total. The number of aryl methyl sites for hydroxylation is 1. The first-order valence-corrected chi connectivity index (χ1v) is 9.58. The smallest absolute Gasteiger partial charge is 0.123 e. The largest absolute Gasteiger partial charge is 0.337 e. The summed E-state index contributed by atoms with van der Waals surface area (Å²) >= 11 is 14.1. The number of hydrogen-bond donors (Lipinski definition) is 0. The second-order valence-corrected chi connectivity index (χ2v) is 7.79. The monoisotopic (exact) mass is 394 g/mol. The lowest BCUT2D eigenvalue weighted by Gasteiger charge is -2.19. The predicted molar refractivity (Wildman–Crippen MR) is 103 cm³/mol. The highest BCUT2D eigenvalue weighted by molar-refractivity contribution is 7.99. The van der Waals surface area contributed by atoms with E-state index in [0.29, 0.717) is 10.0 Å². The Morgan fingerprint density at radius 2 is 1.92 bits per heavy atom. The number of hydrogen-bond acceptors (Lipinski definition) is 2. The Balaban J connectivity index is 1.75.